The molecule has 0 saturated carbocycles. The molecule has 5 nitrogen and oxygen atoms in total. The largest absolute Gasteiger partial charge is 0.317 e. The molecule has 0 radical (unpaired) electrons. The van der Waals surface area contributed by atoms with Crippen molar-refractivity contribution in [2.75, 3.05) is 0 Å². The summed E-state index contributed by atoms with van der Waals surface area (Å²) in [6.07, 6.45) is 3.55. The monoisotopic (exact) mass is 398 g/mol. The molecule has 0 fully saturated rings. The van der Waals surface area contributed by atoms with Crippen LogP contribution in [0.15, 0.2) is 70.7 Å². The molecule has 0 bridgehead atoms. The lowest BCUT2D eigenvalue weighted by Crippen LogP contribution is -2.35. The Morgan fingerprint density at radius 3 is 2.76 bits per heavy atom. The predicted molar refractivity (Wildman–Crippen MR) is 119 cm³/mol. The van der Waals surface area contributed by atoms with E-state index in [-0.39, 0.29) is 11.7 Å². The van der Waals surface area contributed by atoms with Gasteiger partial charge in [-0.3, -0.25) is 15.1 Å². The van der Waals surface area contributed by atoms with Crippen LogP contribution in [0.3, 0.4) is 0 Å². The standard InChI is InChI=1S/C23H18N4OS/c1-14-12-17(13-19-21(24)26-10-11-29-23(26)25-22(19)28)15(2)27(14)20-9-5-7-16-6-3-4-8-18(16)20/h3-13,24H,1-2H3/b19-13+,24-21?. The van der Waals surface area contributed by atoms with Crippen LogP contribution in [-0.2, 0) is 4.79 Å². The van der Waals surface area contributed by atoms with Gasteiger partial charge in [-0.05, 0) is 48.4 Å². The van der Waals surface area contributed by atoms with Crippen molar-refractivity contribution in [1.82, 2.24) is 9.47 Å². The van der Waals surface area contributed by atoms with Gasteiger partial charge in [-0.1, -0.05) is 48.2 Å². The van der Waals surface area contributed by atoms with E-state index in [9.17, 15) is 4.79 Å². The molecule has 29 heavy (non-hydrogen) atoms. The lowest BCUT2D eigenvalue weighted by molar-refractivity contribution is -0.114. The molecular formula is C23H18N4OS. The smallest absolute Gasteiger partial charge is 0.283 e. The Hall–Kier alpha value is -3.38. The maximum Gasteiger partial charge on any atom is 0.283 e. The van der Waals surface area contributed by atoms with Crippen LogP contribution in [0.2, 0.25) is 0 Å². The number of nitrogens with zero attached hydrogens (tertiary/aromatic N) is 3. The molecule has 5 rings (SSSR count). The first-order valence-corrected chi connectivity index (χ1v) is 10.2. The highest BCUT2D eigenvalue weighted by Gasteiger charge is 2.31. The minimum Gasteiger partial charge on any atom is -0.317 e. The molecule has 2 aliphatic rings. The Morgan fingerprint density at radius 1 is 1.10 bits per heavy atom. The summed E-state index contributed by atoms with van der Waals surface area (Å²) < 4.78 is 2.20. The van der Waals surface area contributed by atoms with Crippen LogP contribution in [-0.4, -0.2) is 26.4 Å². The second-order valence-electron chi connectivity index (χ2n) is 7.04. The van der Waals surface area contributed by atoms with Gasteiger partial charge in [-0.15, -0.1) is 0 Å². The van der Waals surface area contributed by atoms with Crippen molar-refractivity contribution in [2.24, 2.45) is 4.99 Å². The number of carbonyl (C=O) groups excluding carboxylic acids is 1. The Kier molecular flexibility index (Phi) is 4.03. The van der Waals surface area contributed by atoms with Crippen LogP contribution < -0.4 is 0 Å². The molecule has 0 aliphatic carbocycles. The lowest BCUT2D eigenvalue weighted by Gasteiger charge is -2.22. The number of thioether (sulfide) groups is 1. The molecule has 3 aromatic rings. The van der Waals surface area contributed by atoms with E-state index in [1.807, 2.05) is 24.5 Å². The molecule has 0 atom stereocenters. The van der Waals surface area contributed by atoms with Crippen molar-refractivity contribution in [1.29, 1.82) is 5.41 Å². The summed E-state index contributed by atoms with van der Waals surface area (Å²) in [6.45, 7) is 4.10. The normalized spacial score (nSPS) is 17.4. The number of hydrogen-bond donors (Lipinski definition) is 1. The van der Waals surface area contributed by atoms with E-state index in [2.05, 4.69) is 52.9 Å². The molecule has 6 heteroatoms. The van der Waals surface area contributed by atoms with Gasteiger partial charge >= 0.3 is 0 Å². The number of benzene rings is 2. The van der Waals surface area contributed by atoms with Gasteiger partial charge in [0.25, 0.3) is 5.91 Å². The van der Waals surface area contributed by atoms with Gasteiger partial charge in [-0.25, -0.2) is 0 Å². The Labute approximate surface area is 172 Å². The number of aliphatic imine (C=N–C) groups is 1. The maximum atomic E-state index is 12.5. The number of amidine groups is 2. The van der Waals surface area contributed by atoms with Gasteiger partial charge in [0.05, 0.1) is 11.3 Å². The summed E-state index contributed by atoms with van der Waals surface area (Å²) in [5.41, 5.74) is 4.42. The average Bonchev–Trinajstić information content (AvgIpc) is 3.29. The van der Waals surface area contributed by atoms with Gasteiger partial charge in [0.1, 0.15) is 5.84 Å². The van der Waals surface area contributed by atoms with E-state index >= 15 is 0 Å². The van der Waals surface area contributed by atoms with Gasteiger partial charge in [-0.2, -0.15) is 4.99 Å². The molecular weight excluding hydrogens is 380 g/mol. The van der Waals surface area contributed by atoms with Crippen molar-refractivity contribution >= 4 is 45.5 Å². The number of fused-ring (bicyclic) bond motifs is 2. The van der Waals surface area contributed by atoms with Crippen LogP contribution in [0.4, 0.5) is 0 Å². The van der Waals surface area contributed by atoms with E-state index < -0.39 is 0 Å². The zero-order valence-electron chi connectivity index (χ0n) is 16.0. The van der Waals surface area contributed by atoms with Gasteiger partial charge in [0.15, 0.2) is 5.17 Å². The number of hydrogen-bond acceptors (Lipinski definition) is 3. The van der Waals surface area contributed by atoms with E-state index in [4.69, 9.17) is 5.41 Å². The zero-order valence-corrected chi connectivity index (χ0v) is 16.8. The predicted octanol–water partition coefficient (Wildman–Crippen LogP) is 5.02. The zero-order chi connectivity index (χ0) is 20.1. The molecule has 2 aromatic carbocycles. The number of amides is 1. The van der Waals surface area contributed by atoms with Gasteiger partial charge in [0.2, 0.25) is 0 Å². The Balaban J connectivity index is 1.64. The number of aryl methyl sites for hydroxylation is 1. The molecule has 0 saturated heterocycles. The number of aromatic nitrogens is 1. The van der Waals surface area contributed by atoms with Crippen LogP contribution in [0.5, 0.6) is 0 Å². The summed E-state index contributed by atoms with van der Waals surface area (Å²) in [5.74, 6) is -0.205. The summed E-state index contributed by atoms with van der Waals surface area (Å²) in [6, 6.07) is 16.6. The Morgan fingerprint density at radius 2 is 1.90 bits per heavy atom. The molecule has 1 N–H and O–H groups in total. The van der Waals surface area contributed by atoms with Crippen molar-refractivity contribution in [3.8, 4) is 5.69 Å². The fraction of sp³-hybridized carbons (Fsp3) is 0.0870. The molecule has 1 amide bonds. The molecule has 2 aliphatic heterocycles. The average molecular weight is 398 g/mol. The van der Waals surface area contributed by atoms with Crippen LogP contribution in [0.1, 0.15) is 17.0 Å². The van der Waals surface area contributed by atoms with E-state index in [1.54, 1.807) is 17.2 Å². The van der Waals surface area contributed by atoms with Crippen molar-refractivity contribution in [3.63, 3.8) is 0 Å². The number of carbonyl (C=O) groups is 1. The minimum atomic E-state index is -0.368. The Bertz CT molecular complexity index is 1290. The van der Waals surface area contributed by atoms with Crippen molar-refractivity contribution < 1.29 is 4.79 Å². The summed E-state index contributed by atoms with van der Waals surface area (Å²) in [7, 11) is 0. The molecule has 142 valence electrons. The summed E-state index contributed by atoms with van der Waals surface area (Å²) in [5, 5.41) is 13.2. The van der Waals surface area contributed by atoms with Crippen molar-refractivity contribution in [3.05, 3.63) is 82.7 Å². The number of nitrogens with one attached hydrogen (secondary N) is 1. The highest BCUT2D eigenvalue weighted by molar-refractivity contribution is 8.16. The first-order valence-electron chi connectivity index (χ1n) is 9.28. The quantitative estimate of drug-likeness (QED) is 0.616. The highest BCUT2D eigenvalue weighted by atomic mass is 32.2. The minimum absolute atomic E-state index is 0.163. The van der Waals surface area contributed by atoms with Crippen LogP contribution in [0, 0.1) is 19.3 Å². The third kappa shape index (κ3) is 2.76. The SMILES string of the molecule is Cc1cc(/C=C2\C(=N)N3C=CSC3=NC2=O)c(C)n1-c1cccc2ccccc12. The molecule has 1 aromatic heterocycles. The first kappa shape index (κ1) is 17.7. The van der Waals surface area contributed by atoms with Crippen LogP contribution >= 0.6 is 11.8 Å². The van der Waals surface area contributed by atoms with Gasteiger partial charge < -0.3 is 4.57 Å². The maximum absolute atomic E-state index is 12.5. The first-order chi connectivity index (χ1) is 14.0. The van der Waals surface area contributed by atoms with Gasteiger partial charge in [0, 0.05) is 23.0 Å². The van der Waals surface area contributed by atoms with Crippen LogP contribution in [0.25, 0.3) is 22.5 Å². The lowest BCUT2D eigenvalue weighted by atomic mass is 10.1. The molecule has 0 spiro atoms. The second-order valence-corrected chi connectivity index (χ2v) is 7.91. The third-order valence-corrected chi connectivity index (χ3v) is 6.05. The fourth-order valence-corrected chi connectivity index (χ4v) is 4.60. The molecule has 0 unspecified atom stereocenters. The highest BCUT2D eigenvalue weighted by Crippen LogP contribution is 2.31. The molecule has 3 heterocycles. The van der Waals surface area contributed by atoms with E-state index in [0.717, 1.165) is 22.6 Å². The second kappa shape index (κ2) is 6.60. The topological polar surface area (TPSA) is 61.5 Å². The number of rotatable bonds is 2. The fourth-order valence-electron chi connectivity index (χ4n) is 3.89. The third-order valence-electron chi connectivity index (χ3n) is 5.29. The summed E-state index contributed by atoms with van der Waals surface area (Å²) in [4.78, 5) is 18.3. The van der Waals surface area contributed by atoms with E-state index in [1.165, 1.54) is 22.5 Å². The van der Waals surface area contributed by atoms with Crippen molar-refractivity contribution in [2.45, 2.75) is 13.8 Å². The van der Waals surface area contributed by atoms with E-state index in [0.29, 0.717) is 10.7 Å². The summed E-state index contributed by atoms with van der Waals surface area (Å²) >= 11 is 1.35.